The third-order valence-electron chi connectivity index (χ3n) is 3.97. The highest BCUT2D eigenvalue weighted by Gasteiger charge is 2.33. The summed E-state index contributed by atoms with van der Waals surface area (Å²) in [6.07, 6.45) is -4.52. The standard InChI is InChI=1S/C22H23BrFNO7/c1-28-25-12-19(24)20(32-22(27)30-14-17-10-6-3-7-11-17)18(23)15-31-21(26)29-13-16-8-4-2-5-9-16/h2-12,18-20H,13-15H2,1H3/b25-12-/t18-,19+,20?/m0/s1. The zero-order valence-corrected chi connectivity index (χ0v) is 18.9. The van der Waals surface area contributed by atoms with Gasteiger partial charge in [0.2, 0.25) is 0 Å². The molecule has 0 aliphatic rings. The minimum atomic E-state index is -1.87. The van der Waals surface area contributed by atoms with Crippen LogP contribution in [0.4, 0.5) is 14.0 Å². The molecule has 0 radical (unpaired) electrons. The van der Waals surface area contributed by atoms with Gasteiger partial charge in [0.1, 0.15) is 26.9 Å². The van der Waals surface area contributed by atoms with Crippen LogP contribution >= 0.6 is 15.9 Å². The number of oxime groups is 1. The van der Waals surface area contributed by atoms with Crippen molar-refractivity contribution >= 4 is 34.5 Å². The molecular weight excluding hydrogens is 489 g/mol. The van der Waals surface area contributed by atoms with Crippen molar-refractivity contribution in [3.63, 3.8) is 0 Å². The lowest BCUT2D eigenvalue weighted by molar-refractivity contribution is -0.00815. The largest absolute Gasteiger partial charge is 0.509 e. The molecule has 0 fully saturated rings. The van der Waals surface area contributed by atoms with E-state index in [1.807, 2.05) is 12.1 Å². The van der Waals surface area contributed by atoms with Crippen molar-refractivity contribution in [1.29, 1.82) is 0 Å². The summed E-state index contributed by atoms with van der Waals surface area (Å²) in [5.41, 5.74) is 1.51. The second-order valence-corrected chi connectivity index (χ2v) is 7.52. The smallest absolute Gasteiger partial charge is 0.433 e. The van der Waals surface area contributed by atoms with Crippen molar-refractivity contribution in [2.45, 2.75) is 30.3 Å². The Morgan fingerprint density at radius 2 is 1.47 bits per heavy atom. The van der Waals surface area contributed by atoms with Crippen molar-refractivity contribution in [2.75, 3.05) is 13.7 Å². The second-order valence-electron chi connectivity index (χ2n) is 6.34. The van der Waals surface area contributed by atoms with E-state index in [0.717, 1.165) is 17.3 Å². The van der Waals surface area contributed by atoms with Gasteiger partial charge < -0.3 is 23.8 Å². The molecule has 172 valence electrons. The molecule has 0 saturated carbocycles. The Balaban J connectivity index is 1.87. The van der Waals surface area contributed by atoms with E-state index in [1.54, 1.807) is 48.5 Å². The summed E-state index contributed by atoms with van der Waals surface area (Å²) in [6, 6.07) is 17.9. The molecule has 1 unspecified atom stereocenters. The van der Waals surface area contributed by atoms with Gasteiger partial charge in [-0.25, -0.2) is 14.0 Å². The van der Waals surface area contributed by atoms with E-state index in [2.05, 4.69) is 25.9 Å². The molecular formula is C22H23BrFNO7. The van der Waals surface area contributed by atoms with E-state index >= 15 is 0 Å². The van der Waals surface area contributed by atoms with Crippen molar-refractivity contribution in [2.24, 2.45) is 5.16 Å². The number of hydrogen-bond acceptors (Lipinski definition) is 8. The van der Waals surface area contributed by atoms with Gasteiger partial charge in [0.25, 0.3) is 0 Å². The average molecular weight is 512 g/mol. The van der Waals surface area contributed by atoms with E-state index in [1.165, 1.54) is 7.11 Å². The van der Waals surface area contributed by atoms with Gasteiger partial charge in [-0.3, -0.25) is 0 Å². The number of alkyl halides is 2. The fourth-order valence-corrected chi connectivity index (χ4v) is 2.94. The predicted octanol–water partition coefficient (Wildman–Crippen LogP) is 4.80. The highest BCUT2D eigenvalue weighted by Crippen LogP contribution is 2.18. The molecule has 0 bridgehead atoms. The van der Waals surface area contributed by atoms with Crippen LogP contribution in [0.1, 0.15) is 11.1 Å². The van der Waals surface area contributed by atoms with Crippen LogP contribution in [-0.4, -0.2) is 49.3 Å². The van der Waals surface area contributed by atoms with Crippen LogP contribution < -0.4 is 0 Å². The lowest BCUT2D eigenvalue weighted by Crippen LogP contribution is -2.40. The minimum absolute atomic E-state index is 0.0185. The molecule has 0 aliphatic carbocycles. The number of carbonyl (C=O) groups excluding carboxylic acids is 2. The molecule has 0 spiro atoms. The number of hydrogen-bond donors (Lipinski definition) is 0. The van der Waals surface area contributed by atoms with Crippen LogP contribution in [0.15, 0.2) is 65.8 Å². The van der Waals surface area contributed by atoms with E-state index in [9.17, 15) is 14.0 Å². The van der Waals surface area contributed by atoms with Crippen molar-refractivity contribution in [3.8, 4) is 0 Å². The highest BCUT2D eigenvalue weighted by atomic mass is 79.9. The maximum atomic E-state index is 14.6. The molecule has 0 amide bonds. The van der Waals surface area contributed by atoms with Crippen LogP contribution in [0.2, 0.25) is 0 Å². The fourth-order valence-electron chi connectivity index (χ4n) is 2.40. The first kappa shape index (κ1) is 25.1. The number of ether oxygens (including phenoxy) is 4. The summed E-state index contributed by atoms with van der Waals surface area (Å²) in [5.74, 6) is 0. The highest BCUT2D eigenvalue weighted by molar-refractivity contribution is 9.09. The predicted molar refractivity (Wildman–Crippen MR) is 117 cm³/mol. The Labute approximate surface area is 193 Å². The molecule has 0 N–H and O–H groups in total. The minimum Gasteiger partial charge on any atom is -0.433 e. The van der Waals surface area contributed by atoms with Crippen molar-refractivity contribution < 1.29 is 37.8 Å². The molecule has 0 heterocycles. The molecule has 3 atom stereocenters. The Morgan fingerprint density at radius 3 is 2.00 bits per heavy atom. The summed E-state index contributed by atoms with van der Waals surface area (Å²) in [5, 5.41) is 3.35. The molecule has 32 heavy (non-hydrogen) atoms. The van der Waals surface area contributed by atoms with Crippen LogP contribution in [0.5, 0.6) is 0 Å². The zero-order chi connectivity index (χ0) is 23.2. The van der Waals surface area contributed by atoms with Crippen LogP contribution in [-0.2, 0) is 37.0 Å². The summed E-state index contributed by atoms with van der Waals surface area (Å²) in [4.78, 5) is 27.4. The lowest BCUT2D eigenvalue weighted by Gasteiger charge is -2.23. The average Bonchev–Trinajstić information content (AvgIpc) is 2.83. The Kier molecular flexibility index (Phi) is 11.0. The van der Waals surface area contributed by atoms with Gasteiger partial charge in [-0.1, -0.05) is 81.7 Å². The van der Waals surface area contributed by atoms with Gasteiger partial charge >= 0.3 is 12.3 Å². The Bertz CT molecular complexity index is 854. The fraction of sp³-hybridized carbons (Fsp3) is 0.318. The topological polar surface area (TPSA) is 92.7 Å². The quantitative estimate of drug-likeness (QED) is 0.185. The Morgan fingerprint density at radius 1 is 0.938 bits per heavy atom. The number of carbonyl (C=O) groups is 2. The maximum Gasteiger partial charge on any atom is 0.509 e. The number of rotatable bonds is 11. The van der Waals surface area contributed by atoms with E-state index < -0.39 is 29.4 Å². The van der Waals surface area contributed by atoms with Gasteiger partial charge in [0, 0.05) is 0 Å². The van der Waals surface area contributed by atoms with Crippen LogP contribution in [0.3, 0.4) is 0 Å². The van der Waals surface area contributed by atoms with E-state index in [-0.39, 0.29) is 19.8 Å². The van der Waals surface area contributed by atoms with Gasteiger partial charge in [-0.05, 0) is 11.1 Å². The second kappa shape index (κ2) is 14.0. The zero-order valence-electron chi connectivity index (χ0n) is 17.3. The third kappa shape index (κ3) is 9.34. The first-order valence-electron chi connectivity index (χ1n) is 9.55. The normalized spacial score (nSPS) is 13.6. The number of halogens is 2. The van der Waals surface area contributed by atoms with Crippen LogP contribution in [0.25, 0.3) is 0 Å². The van der Waals surface area contributed by atoms with Crippen LogP contribution in [0, 0.1) is 0 Å². The molecule has 2 rings (SSSR count). The van der Waals surface area contributed by atoms with Gasteiger partial charge in [0.15, 0.2) is 12.3 Å². The molecule has 10 heteroatoms. The first-order chi connectivity index (χ1) is 15.5. The summed E-state index contributed by atoms with van der Waals surface area (Å²) in [7, 11) is 1.24. The van der Waals surface area contributed by atoms with Gasteiger partial charge in [0.05, 0.1) is 11.0 Å². The maximum absolute atomic E-state index is 14.6. The molecule has 2 aromatic rings. The molecule has 0 saturated heterocycles. The molecule has 0 aliphatic heterocycles. The number of nitrogens with zero attached hydrogens (tertiary/aromatic N) is 1. The Hall–Kier alpha value is -3.14. The lowest BCUT2D eigenvalue weighted by atomic mass is 10.2. The first-order valence-corrected chi connectivity index (χ1v) is 10.5. The van der Waals surface area contributed by atoms with Gasteiger partial charge in [-0.15, -0.1) is 0 Å². The molecule has 0 aromatic heterocycles. The summed E-state index contributed by atoms with van der Waals surface area (Å²) >= 11 is 3.18. The third-order valence-corrected chi connectivity index (χ3v) is 4.76. The SMILES string of the molecule is CO/N=C\[C@@H](F)C(OC(=O)OCc1ccccc1)[C@@H](Br)COC(=O)OCc1ccccc1. The van der Waals surface area contributed by atoms with Crippen molar-refractivity contribution in [3.05, 3.63) is 71.8 Å². The molecule has 2 aromatic carbocycles. The summed E-state index contributed by atoms with van der Waals surface area (Å²) < 4.78 is 34.7. The summed E-state index contributed by atoms with van der Waals surface area (Å²) in [6.45, 7) is -0.374. The van der Waals surface area contributed by atoms with Crippen molar-refractivity contribution in [1.82, 2.24) is 0 Å². The van der Waals surface area contributed by atoms with Gasteiger partial charge in [-0.2, -0.15) is 0 Å². The van der Waals surface area contributed by atoms with E-state index in [4.69, 9.17) is 18.9 Å². The molecule has 8 nitrogen and oxygen atoms in total. The monoisotopic (exact) mass is 511 g/mol. The van der Waals surface area contributed by atoms with E-state index in [0.29, 0.717) is 0 Å². The number of benzene rings is 2.